The summed E-state index contributed by atoms with van der Waals surface area (Å²) in [6, 6.07) is 9.84. The lowest BCUT2D eigenvalue weighted by atomic mass is 10.1. The number of rotatable bonds is 5. The minimum Gasteiger partial charge on any atom is -0.373 e. The van der Waals surface area contributed by atoms with Gasteiger partial charge >= 0.3 is 0 Å². The zero-order valence-electron chi connectivity index (χ0n) is 8.94. The summed E-state index contributed by atoms with van der Waals surface area (Å²) in [5.41, 5.74) is 1.10. The molecule has 0 radical (unpaired) electrons. The van der Waals surface area contributed by atoms with Crippen LogP contribution >= 0.6 is 11.6 Å². The van der Waals surface area contributed by atoms with Crippen LogP contribution in [0.4, 0.5) is 0 Å². The van der Waals surface area contributed by atoms with Gasteiger partial charge in [0, 0.05) is 0 Å². The summed E-state index contributed by atoms with van der Waals surface area (Å²) >= 11 is 5.39. The summed E-state index contributed by atoms with van der Waals surface area (Å²) < 4.78 is 5.55. The Balaban J connectivity index is 2.41. The van der Waals surface area contributed by atoms with E-state index >= 15 is 0 Å². The number of hydrogen-bond acceptors (Lipinski definition) is 2. The number of halogens is 1. The zero-order valence-corrected chi connectivity index (χ0v) is 9.70. The van der Waals surface area contributed by atoms with Gasteiger partial charge in [0.1, 0.15) is 0 Å². The first-order valence-corrected chi connectivity index (χ1v) is 5.34. The van der Waals surface area contributed by atoms with Crippen molar-refractivity contribution >= 4 is 16.8 Å². The van der Waals surface area contributed by atoms with Crippen molar-refractivity contribution in [1.29, 1.82) is 0 Å². The standard InChI is InChI=1S/C12H15ClO2/c1-9(12(13)14)10(2)15-8-11-6-4-3-5-7-11/h3-7,9-10H,8H2,1-2H3/t9-,10-/m1/s1. The van der Waals surface area contributed by atoms with Crippen molar-refractivity contribution < 1.29 is 9.53 Å². The van der Waals surface area contributed by atoms with Crippen molar-refractivity contribution in [3.8, 4) is 0 Å². The van der Waals surface area contributed by atoms with Gasteiger partial charge in [0.15, 0.2) is 0 Å². The van der Waals surface area contributed by atoms with Gasteiger partial charge in [-0.3, -0.25) is 4.79 Å². The number of ether oxygens (including phenoxy) is 1. The van der Waals surface area contributed by atoms with Crippen LogP contribution in [0.5, 0.6) is 0 Å². The fourth-order valence-corrected chi connectivity index (χ4v) is 1.31. The van der Waals surface area contributed by atoms with Crippen molar-refractivity contribution in [2.45, 2.75) is 26.6 Å². The van der Waals surface area contributed by atoms with E-state index in [0.29, 0.717) is 6.61 Å². The lowest BCUT2D eigenvalue weighted by Gasteiger charge is -2.17. The van der Waals surface area contributed by atoms with E-state index in [0.717, 1.165) is 5.56 Å². The topological polar surface area (TPSA) is 26.3 Å². The fourth-order valence-electron chi connectivity index (χ4n) is 1.13. The predicted octanol–water partition coefficient (Wildman–Crippen LogP) is 2.99. The maximum Gasteiger partial charge on any atom is 0.227 e. The van der Waals surface area contributed by atoms with Gasteiger partial charge in [-0.05, 0) is 24.1 Å². The maximum absolute atomic E-state index is 10.9. The van der Waals surface area contributed by atoms with Crippen LogP contribution in [0.25, 0.3) is 0 Å². The number of carbonyl (C=O) groups is 1. The summed E-state index contributed by atoms with van der Waals surface area (Å²) in [7, 11) is 0. The molecule has 2 nitrogen and oxygen atoms in total. The highest BCUT2D eigenvalue weighted by Gasteiger charge is 2.18. The third-order valence-corrected chi connectivity index (χ3v) is 2.76. The van der Waals surface area contributed by atoms with Crippen LogP contribution in [0.3, 0.4) is 0 Å². The lowest BCUT2D eigenvalue weighted by molar-refractivity contribution is -0.119. The first-order chi connectivity index (χ1) is 7.11. The molecular weight excluding hydrogens is 212 g/mol. The Labute approximate surface area is 95.2 Å². The lowest BCUT2D eigenvalue weighted by Crippen LogP contribution is -2.22. The Morgan fingerprint density at radius 3 is 2.47 bits per heavy atom. The van der Waals surface area contributed by atoms with Gasteiger partial charge < -0.3 is 4.74 Å². The van der Waals surface area contributed by atoms with Gasteiger partial charge in [0.2, 0.25) is 5.24 Å². The highest BCUT2D eigenvalue weighted by molar-refractivity contribution is 6.64. The third-order valence-electron chi connectivity index (χ3n) is 2.42. The molecule has 0 unspecified atom stereocenters. The van der Waals surface area contributed by atoms with Gasteiger partial charge in [-0.25, -0.2) is 0 Å². The van der Waals surface area contributed by atoms with Crippen molar-refractivity contribution in [2.24, 2.45) is 5.92 Å². The predicted molar refractivity (Wildman–Crippen MR) is 60.7 cm³/mol. The minimum atomic E-state index is -0.351. The van der Waals surface area contributed by atoms with E-state index in [1.54, 1.807) is 6.92 Å². The summed E-state index contributed by atoms with van der Waals surface area (Å²) in [5, 5.41) is -0.351. The first-order valence-electron chi connectivity index (χ1n) is 4.96. The maximum atomic E-state index is 10.9. The van der Waals surface area contributed by atoms with Crippen LogP contribution in [-0.2, 0) is 16.1 Å². The molecule has 15 heavy (non-hydrogen) atoms. The molecule has 0 bridgehead atoms. The van der Waals surface area contributed by atoms with Crippen LogP contribution in [0.2, 0.25) is 0 Å². The summed E-state index contributed by atoms with van der Waals surface area (Å²) in [6.45, 7) is 4.13. The van der Waals surface area contributed by atoms with E-state index in [2.05, 4.69) is 0 Å². The van der Waals surface area contributed by atoms with Crippen LogP contribution in [0.15, 0.2) is 30.3 Å². The Bertz CT molecular complexity index is 311. The second kappa shape index (κ2) is 5.89. The molecule has 1 rings (SSSR count). The van der Waals surface area contributed by atoms with E-state index in [9.17, 15) is 4.79 Å². The van der Waals surface area contributed by atoms with E-state index < -0.39 is 0 Å². The molecule has 0 spiro atoms. The monoisotopic (exact) mass is 226 g/mol. The average molecular weight is 227 g/mol. The van der Waals surface area contributed by atoms with Gasteiger partial charge in [-0.15, -0.1) is 0 Å². The molecule has 2 atom stereocenters. The Morgan fingerprint density at radius 2 is 1.93 bits per heavy atom. The number of benzene rings is 1. The smallest absolute Gasteiger partial charge is 0.227 e. The van der Waals surface area contributed by atoms with Crippen molar-refractivity contribution in [2.75, 3.05) is 0 Å². The zero-order chi connectivity index (χ0) is 11.3. The summed E-state index contributed by atoms with van der Waals surface area (Å²) in [5.74, 6) is -0.268. The molecule has 0 saturated heterocycles. The normalized spacial score (nSPS) is 14.6. The van der Waals surface area contributed by atoms with Crippen LogP contribution in [-0.4, -0.2) is 11.3 Å². The van der Waals surface area contributed by atoms with Gasteiger partial charge in [-0.1, -0.05) is 37.3 Å². The van der Waals surface area contributed by atoms with E-state index in [-0.39, 0.29) is 17.3 Å². The first kappa shape index (κ1) is 12.2. The third kappa shape index (κ3) is 4.02. The molecule has 3 heteroatoms. The van der Waals surface area contributed by atoms with E-state index in [4.69, 9.17) is 16.3 Å². The molecule has 1 aromatic rings. The molecular formula is C12H15ClO2. The van der Waals surface area contributed by atoms with E-state index in [1.807, 2.05) is 37.3 Å². The Kier molecular flexibility index (Phi) is 4.79. The second-order valence-electron chi connectivity index (χ2n) is 3.59. The molecule has 0 aliphatic heterocycles. The van der Waals surface area contributed by atoms with E-state index in [1.165, 1.54) is 0 Å². The summed E-state index contributed by atoms with van der Waals surface area (Å²) in [6.07, 6.45) is -0.157. The van der Waals surface area contributed by atoms with Gasteiger partial charge in [0.25, 0.3) is 0 Å². The molecule has 82 valence electrons. The second-order valence-corrected chi connectivity index (χ2v) is 3.97. The Hall–Kier alpha value is -0.860. The van der Waals surface area contributed by atoms with Gasteiger partial charge in [-0.2, -0.15) is 0 Å². The van der Waals surface area contributed by atoms with Crippen molar-refractivity contribution in [1.82, 2.24) is 0 Å². The molecule has 0 heterocycles. The van der Waals surface area contributed by atoms with Crippen molar-refractivity contribution in [3.63, 3.8) is 0 Å². The largest absolute Gasteiger partial charge is 0.373 e. The minimum absolute atomic E-state index is 0.157. The quantitative estimate of drug-likeness (QED) is 0.722. The summed E-state index contributed by atoms with van der Waals surface area (Å²) in [4.78, 5) is 10.9. The van der Waals surface area contributed by atoms with Gasteiger partial charge in [0.05, 0.1) is 18.6 Å². The molecule has 0 aromatic heterocycles. The number of carbonyl (C=O) groups excluding carboxylic acids is 1. The number of hydrogen-bond donors (Lipinski definition) is 0. The van der Waals surface area contributed by atoms with Crippen LogP contribution in [0.1, 0.15) is 19.4 Å². The highest BCUT2D eigenvalue weighted by atomic mass is 35.5. The van der Waals surface area contributed by atoms with Crippen LogP contribution < -0.4 is 0 Å². The average Bonchev–Trinajstić information content (AvgIpc) is 2.26. The molecule has 0 aliphatic rings. The molecule has 0 amide bonds. The Morgan fingerprint density at radius 1 is 1.33 bits per heavy atom. The molecule has 0 aliphatic carbocycles. The molecule has 1 aromatic carbocycles. The highest BCUT2D eigenvalue weighted by Crippen LogP contribution is 2.12. The fraction of sp³-hybridized carbons (Fsp3) is 0.417. The molecule has 0 saturated carbocycles. The molecule has 0 N–H and O–H groups in total. The SMILES string of the molecule is C[C@@H](OCc1ccccc1)[C@@H](C)C(=O)Cl. The molecule has 0 fully saturated rings. The van der Waals surface area contributed by atoms with Crippen molar-refractivity contribution in [3.05, 3.63) is 35.9 Å². The van der Waals surface area contributed by atoms with Crippen LogP contribution in [0, 0.1) is 5.92 Å².